The van der Waals surface area contributed by atoms with Crippen LogP contribution < -0.4 is 15.0 Å². The Morgan fingerprint density at radius 2 is 1.84 bits per heavy atom. The number of hydroxylamine groups is 1. The third kappa shape index (κ3) is 5.05. The van der Waals surface area contributed by atoms with E-state index < -0.39 is 6.04 Å². The second-order valence-corrected chi connectivity index (χ2v) is 7.93. The molecule has 1 aliphatic rings. The molecule has 0 radical (unpaired) electrons. The van der Waals surface area contributed by atoms with Crippen LogP contribution in [0.4, 0.5) is 0 Å². The maximum Gasteiger partial charge on any atom is 0.266 e. The highest BCUT2D eigenvalue weighted by atomic mass is 16.7. The fraction of sp³-hybridized carbons (Fsp3) is 0.440. The van der Waals surface area contributed by atoms with Crippen LogP contribution in [0.1, 0.15) is 48.2 Å². The zero-order valence-corrected chi connectivity index (χ0v) is 19.2. The first-order chi connectivity index (χ1) is 15.5. The van der Waals surface area contributed by atoms with Crippen molar-refractivity contribution < 1.29 is 23.9 Å². The second kappa shape index (κ2) is 11.0. The van der Waals surface area contributed by atoms with Crippen molar-refractivity contribution in [2.24, 2.45) is 5.92 Å². The van der Waals surface area contributed by atoms with Crippen molar-refractivity contribution in [3.63, 3.8) is 0 Å². The first-order valence-corrected chi connectivity index (χ1v) is 11.0. The Labute approximate surface area is 189 Å². The van der Waals surface area contributed by atoms with Crippen LogP contribution in [-0.4, -0.2) is 43.5 Å². The van der Waals surface area contributed by atoms with Gasteiger partial charge in [0.25, 0.3) is 11.8 Å². The van der Waals surface area contributed by atoms with E-state index in [-0.39, 0.29) is 24.3 Å². The smallest absolute Gasteiger partial charge is 0.266 e. The molecule has 0 spiro atoms. The van der Waals surface area contributed by atoms with Crippen molar-refractivity contribution in [3.8, 4) is 11.5 Å². The van der Waals surface area contributed by atoms with Gasteiger partial charge >= 0.3 is 0 Å². The molecular formula is C25H32N2O5. The van der Waals surface area contributed by atoms with E-state index in [1.807, 2.05) is 43.3 Å². The summed E-state index contributed by atoms with van der Waals surface area (Å²) in [7, 11) is 3.15. The van der Waals surface area contributed by atoms with Gasteiger partial charge in [0, 0.05) is 18.0 Å². The number of amides is 2. The molecule has 1 N–H and O–H groups in total. The van der Waals surface area contributed by atoms with Gasteiger partial charge in [0.15, 0.2) is 11.5 Å². The summed E-state index contributed by atoms with van der Waals surface area (Å²) in [5.41, 5.74) is 4.89. The topological polar surface area (TPSA) is 77.1 Å². The maximum atomic E-state index is 13.3. The van der Waals surface area contributed by atoms with Gasteiger partial charge in [-0.1, -0.05) is 50.6 Å². The number of carbonyl (C=O) groups is 2. The first kappa shape index (κ1) is 23.6. The lowest BCUT2D eigenvalue weighted by molar-refractivity contribution is -0.147. The number of hydrogen-bond acceptors (Lipinski definition) is 5. The van der Waals surface area contributed by atoms with Crippen LogP contribution in [-0.2, 0) is 22.7 Å². The fourth-order valence-corrected chi connectivity index (χ4v) is 4.11. The van der Waals surface area contributed by atoms with Crippen molar-refractivity contribution in [1.29, 1.82) is 0 Å². The Kier molecular flexibility index (Phi) is 8.11. The second-order valence-electron chi connectivity index (χ2n) is 7.93. The molecule has 2 aromatic rings. The van der Waals surface area contributed by atoms with E-state index >= 15 is 0 Å². The molecule has 1 fully saturated rings. The lowest BCUT2D eigenvalue weighted by atomic mass is 9.85. The standard InChI is InChI=1S/C25H32N2O5/c1-5-10-19-13-20(14-21(30-3)23(19)31-4)25(29)27-15-18(6-2)22(27)24(28)26-32-16-17-11-8-7-9-12-17/h7-9,11-14,18,22H,5-6,10,15-16H2,1-4H3,(H,26,28)/t18-,22-/m1/s1. The summed E-state index contributed by atoms with van der Waals surface area (Å²) in [5.74, 6) is 0.749. The Morgan fingerprint density at radius 3 is 2.47 bits per heavy atom. The van der Waals surface area contributed by atoms with E-state index in [1.165, 1.54) is 0 Å². The third-order valence-corrected chi connectivity index (χ3v) is 5.84. The van der Waals surface area contributed by atoms with Gasteiger partial charge in [-0.15, -0.1) is 0 Å². The SMILES string of the molecule is CCCc1cc(C(=O)N2C[C@@H](CC)[C@@H]2C(=O)NOCc2ccccc2)cc(OC)c1OC. The number of rotatable bonds is 10. The van der Waals surface area contributed by atoms with Crippen LogP contribution in [0, 0.1) is 5.92 Å². The summed E-state index contributed by atoms with van der Waals surface area (Å²) >= 11 is 0. The molecule has 32 heavy (non-hydrogen) atoms. The largest absolute Gasteiger partial charge is 0.493 e. The molecule has 1 heterocycles. The minimum atomic E-state index is -0.564. The van der Waals surface area contributed by atoms with Crippen molar-refractivity contribution in [1.82, 2.24) is 10.4 Å². The minimum absolute atomic E-state index is 0.0922. The van der Waals surface area contributed by atoms with Gasteiger partial charge in [-0.3, -0.25) is 14.4 Å². The molecule has 1 aliphatic heterocycles. The number of methoxy groups -OCH3 is 2. The highest BCUT2D eigenvalue weighted by Crippen LogP contribution is 2.36. The average molecular weight is 441 g/mol. The minimum Gasteiger partial charge on any atom is -0.493 e. The highest BCUT2D eigenvalue weighted by Gasteiger charge is 2.46. The summed E-state index contributed by atoms with van der Waals surface area (Å²) < 4.78 is 11.0. The van der Waals surface area contributed by atoms with Crippen molar-refractivity contribution in [2.75, 3.05) is 20.8 Å². The van der Waals surface area contributed by atoms with Gasteiger partial charge in [0.05, 0.1) is 20.8 Å². The summed E-state index contributed by atoms with van der Waals surface area (Å²) in [5, 5.41) is 0. The molecule has 3 rings (SSSR count). The van der Waals surface area contributed by atoms with E-state index in [0.29, 0.717) is 23.6 Å². The zero-order chi connectivity index (χ0) is 23.1. The summed E-state index contributed by atoms with van der Waals surface area (Å²) in [6.45, 7) is 4.88. The maximum absolute atomic E-state index is 13.3. The van der Waals surface area contributed by atoms with Gasteiger partial charge in [0.1, 0.15) is 6.04 Å². The van der Waals surface area contributed by atoms with Crippen LogP contribution >= 0.6 is 0 Å². The normalized spacial score (nSPS) is 17.4. The van der Waals surface area contributed by atoms with E-state index in [0.717, 1.165) is 30.4 Å². The molecule has 7 nitrogen and oxygen atoms in total. The molecule has 2 amide bonds. The number of nitrogens with zero attached hydrogens (tertiary/aromatic N) is 1. The molecule has 2 atom stereocenters. The van der Waals surface area contributed by atoms with Gasteiger partial charge < -0.3 is 14.4 Å². The van der Waals surface area contributed by atoms with E-state index in [2.05, 4.69) is 12.4 Å². The van der Waals surface area contributed by atoms with Crippen molar-refractivity contribution >= 4 is 11.8 Å². The Hall–Kier alpha value is -3.06. The summed E-state index contributed by atoms with van der Waals surface area (Å²) in [6, 6.07) is 12.5. The molecule has 0 saturated carbocycles. The first-order valence-electron chi connectivity index (χ1n) is 11.0. The quantitative estimate of drug-likeness (QED) is 0.570. The lowest BCUT2D eigenvalue weighted by Gasteiger charge is -2.46. The van der Waals surface area contributed by atoms with Crippen LogP contribution in [0.15, 0.2) is 42.5 Å². The van der Waals surface area contributed by atoms with Crippen molar-refractivity contribution in [3.05, 3.63) is 59.2 Å². The number of likely N-dealkylation sites (tertiary alicyclic amines) is 1. The van der Waals surface area contributed by atoms with Crippen LogP contribution in [0.3, 0.4) is 0 Å². The Bertz CT molecular complexity index is 931. The molecular weight excluding hydrogens is 408 g/mol. The number of benzene rings is 2. The van der Waals surface area contributed by atoms with Gasteiger partial charge in [-0.2, -0.15) is 0 Å². The molecule has 7 heteroatoms. The fourth-order valence-electron chi connectivity index (χ4n) is 4.11. The molecule has 0 aromatic heterocycles. The summed E-state index contributed by atoms with van der Waals surface area (Å²) in [4.78, 5) is 33.2. The van der Waals surface area contributed by atoms with Gasteiger partial charge in [-0.05, 0) is 36.1 Å². The van der Waals surface area contributed by atoms with Gasteiger partial charge in [0.2, 0.25) is 0 Å². The Balaban J connectivity index is 1.73. The average Bonchev–Trinajstić information content (AvgIpc) is 2.79. The summed E-state index contributed by atoms with van der Waals surface area (Å²) in [6.07, 6.45) is 2.46. The predicted molar refractivity (Wildman–Crippen MR) is 122 cm³/mol. The zero-order valence-electron chi connectivity index (χ0n) is 19.2. The predicted octanol–water partition coefficient (Wildman–Crippen LogP) is 3.75. The highest BCUT2D eigenvalue weighted by molar-refractivity contribution is 5.99. The molecule has 0 aliphatic carbocycles. The number of ether oxygens (including phenoxy) is 2. The van der Waals surface area contributed by atoms with E-state index in [9.17, 15) is 9.59 Å². The van der Waals surface area contributed by atoms with Crippen LogP contribution in [0.5, 0.6) is 11.5 Å². The molecule has 0 unspecified atom stereocenters. The number of aryl methyl sites for hydroxylation is 1. The molecule has 0 bridgehead atoms. The molecule has 1 saturated heterocycles. The number of nitrogens with one attached hydrogen (secondary N) is 1. The lowest BCUT2D eigenvalue weighted by Crippen LogP contribution is -2.64. The van der Waals surface area contributed by atoms with Crippen molar-refractivity contribution in [2.45, 2.75) is 45.8 Å². The molecule has 2 aromatic carbocycles. The Morgan fingerprint density at radius 1 is 1.09 bits per heavy atom. The van der Waals surface area contributed by atoms with Gasteiger partial charge in [-0.25, -0.2) is 5.48 Å². The monoisotopic (exact) mass is 440 g/mol. The van der Waals surface area contributed by atoms with Crippen LogP contribution in [0.2, 0.25) is 0 Å². The van der Waals surface area contributed by atoms with E-state index in [4.69, 9.17) is 14.3 Å². The number of carbonyl (C=O) groups excluding carboxylic acids is 2. The third-order valence-electron chi connectivity index (χ3n) is 5.84. The molecule has 172 valence electrons. The number of hydrogen-bond donors (Lipinski definition) is 1. The van der Waals surface area contributed by atoms with E-state index in [1.54, 1.807) is 25.2 Å². The van der Waals surface area contributed by atoms with Crippen LogP contribution in [0.25, 0.3) is 0 Å².